The lowest BCUT2D eigenvalue weighted by Gasteiger charge is -2.11. The molecule has 5 nitrogen and oxygen atoms in total. The third-order valence-electron chi connectivity index (χ3n) is 3.04. The molecular weight excluding hydrogens is 341 g/mol. The summed E-state index contributed by atoms with van der Waals surface area (Å²) in [6.07, 6.45) is 0. The third kappa shape index (κ3) is 3.94. The minimum atomic E-state index is -0.530. The van der Waals surface area contributed by atoms with E-state index in [0.29, 0.717) is 10.8 Å². The van der Waals surface area contributed by atoms with Gasteiger partial charge in [-0.1, -0.05) is 23.2 Å². The van der Waals surface area contributed by atoms with Crippen molar-refractivity contribution in [1.29, 1.82) is 0 Å². The van der Waals surface area contributed by atoms with Gasteiger partial charge in [-0.05, 0) is 36.4 Å². The van der Waals surface area contributed by atoms with E-state index in [1.54, 1.807) is 12.1 Å². The van der Waals surface area contributed by atoms with Gasteiger partial charge in [-0.25, -0.2) is 4.79 Å². The largest absolute Gasteiger partial charge is 0.496 e. The average molecular weight is 354 g/mol. The molecule has 23 heavy (non-hydrogen) atoms. The lowest BCUT2D eigenvalue weighted by molar-refractivity contribution is 0.0600. The number of hydrogen-bond acceptors (Lipinski definition) is 4. The van der Waals surface area contributed by atoms with Crippen LogP contribution in [0, 0.1) is 0 Å². The second-order valence-electron chi connectivity index (χ2n) is 4.48. The zero-order valence-electron chi connectivity index (χ0n) is 12.4. The summed E-state index contributed by atoms with van der Waals surface area (Å²) in [5, 5.41) is 3.31. The van der Waals surface area contributed by atoms with E-state index in [-0.39, 0.29) is 21.8 Å². The normalized spacial score (nSPS) is 10.1. The fourth-order valence-electron chi connectivity index (χ4n) is 1.91. The average Bonchev–Trinajstić information content (AvgIpc) is 2.56. The van der Waals surface area contributed by atoms with Crippen molar-refractivity contribution in [2.24, 2.45) is 0 Å². The van der Waals surface area contributed by atoms with Gasteiger partial charge in [0.1, 0.15) is 5.75 Å². The van der Waals surface area contributed by atoms with Crippen LogP contribution in [-0.2, 0) is 4.74 Å². The highest BCUT2D eigenvalue weighted by atomic mass is 35.5. The van der Waals surface area contributed by atoms with E-state index in [1.165, 1.54) is 38.5 Å². The highest BCUT2D eigenvalue weighted by Gasteiger charge is 2.16. The molecule has 2 rings (SSSR count). The first-order valence-corrected chi connectivity index (χ1v) is 7.24. The minimum absolute atomic E-state index is 0.250. The van der Waals surface area contributed by atoms with Gasteiger partial charge in [0.2, 0.25) is 0 Å². The Morgan fingerprint density at radius 2 is 1.78 bits per heavy atom. The van der Waals surface area contributed by atoms with Crippen molar-refractivity contribution in [3.05, 3.63) is 57.6 Å². The van der Waals surface area contributed by atoms with Crippen molar-refractivity contribution in [3.8, 4) is 5.75 Å². The topological polar surface area (TPSA) is 64.6 Å². The summed E-state index contributed by atoms with van der Waals surface area (Å²) >= 11 is 12.0. The number of halogens is 2. The van der Waals surface area contributed by atoms with Crippen LogP contribution < -0.4 is 10.1 Å². The summed E-state index contributed by atoms with van der Waals surface area (Å²) in [6, 6.07) is 9.12. The number of carbonyl (C=O) groups excluding carboxylic acids is 2. The molecule has 0 bridgehead atoms. The lowest BCUT2D eigenvalue weighted by Crippen LogP contribution is -2.14. The number of carbonyl (C=O) groups is 2. The van der Waals surface area contributed by atoms with Gasteiger partial charge in [0.25, 0.3) is 5.91 Å². The Hall–Kier alpha value is -2.24. The Bertz CT molecular complexity index is 762. The molecule has 7 heteroatoms. The molecule has 0 atom stereocenters. The summed E-state index contributed by atoms with van der Waals surface area (Å²) in [5.41, 5.74) is 0.798. The Morgan fingerprint density at radius 3 is 2.43 bits per heavy atom. The molecule has 1 amide bonds. The predicted octanol–water partition coefficient (Wildman–Crippen LogP) is 4.04. The van der Waals surface area contributed by atoms with Crippen molar-refractivity contribution in [2.45, 2.75) is 0 Å². The minimum Gasteiger partial charge on any atom is -0.496 e. The van der Waals surface area contributed by atoms with E-state index in [2.05, 4.69) is 10.1 Å². The smallest absolute Gasteiger partial charge is 0.337 e. The molecule has 0 aliphatic rings. The van der Waals surface area contributed by atoms with Crippen LogP contribution in [0.2, 0.25) is 10.0 Å². The quantitative estimate of drug-likeness (QED) is 0.842. The highest BCUT2D eigenvalue weighted by molar-refractivity contribution is 6.34. The van der Waals surface area contributed by atoms with Gasteiger partial charge in [0.15, 0.2) is 0 Å². The van der Waals surface area contributed by atoms with Gasteiger partial charge in [0.05, 0.1) is 36.1 Å². The van der Waals surface area contributed by atoms with Gasteiger partial charge < -0.3 is 14.8 Å². The SMILES string of the molecule is COC(=O)c1ccc(Cl)c(NC(=O)c2cc(Cl)ccc2OC)c1. The Labute approximate surface area is 143 Å². The maximum Gasteiger partial charge on any atom is 0.337 e. The van der Waals surface area contributed by atoms with Gasteiger partial charge in [-0.15, -0.1) is 0 Å². The molecule has 0 unspecified atom stereocenters. The second kappa shape index (κ2) is 7.35. The molecular formula is C16H13Cl2NO4. The molecule has 0 spiro atoms. The Morgan fingerprint density at radius 1 is 1.04 bits per heavy atom. The van der Waals surface area contributed by atoms with E-state index >= 15 is 0 Å². The summed E-state index contributed by atoms with van der Waals surface area (Å²) in [4.78, 5) is 24.0. The number of anilines is 1. The molecule has 120 valence electrons. The van der Waals surface area contributed by atoms with E-state index < -0.39 is 11.9 Å². The maximum atomic E-state index is 12.4. The van der Waals surface area contributed by atoms with Gasteiger partial charge >= 0.3 is 5.97 Å². The molecule has 2 aromatic carbocycles. The van der Waals surface area contributed by atoms with E-state index in [9.17, 15) is 9.59 Å². The van der Waals surface area contributed by atoms with Crippen LogP contribution >= 0.6 is 23.2 Å². The fourth-order valence-corrected chi connectivity index (χ4v) is 2.25. The van der Waals surface area contributed by atoms with Crippen LogP contribution in [0.3, 0.4) is 0 Å². The Balaban J connectivity index is 2.34. The molecule has 0 aliphatic carbocycles. The molecule has 0 radical (unpaired) electrons. The number of nitrogens with one attached hydrogen (secondary N) is 1. The van der Waals surface area contributed by atoms with Crippen molar-refractivity contribution in [2.75, 3.05) is 19.5 Å². The van der Waals surface area contributed by atoms with Crippen LogP contribution in [-0.4, -0.2) is 26.1 Å². The number of rotatable bonds is 4. The molecule has 0 heterocycles. The van der Waals surface area contributed by atoms with Crippen molar-refractivity contribution in [3.63, 3.8) is 0 Å². The van der Waals surface area contributed by atoms with Crippen LogP contribution in [0.25, 0.3) is 0 Å². The number of esters is 1. The zero-order chi connectivity index (χ0) is 17.0. The molecule has 0 fully saturated rings. The molecule has 2 aromatic rings. The fraction of sp³-hybridized carbons (Fsp3) is 0.125. The number of ether oxygens (including phenoxy) is 2. The number of hydrogen-bond donors (Lipinski definition) is 1. The molecule has 0 aromatic heterocycles. The van der Waals surface area contributed by atoms with Gasteiger partial charge in [-0.3, -0.25) is 4.79 Å². The first-order valence-electron chi connectivity index (χ1n) is 6.49. The number of methoxy groups -OCH3 is 2. The van der Waals surface area contributed by atoms with E-state index in [0.717, 1.165) is 0 Å². The lowest BCUT2D eigenvalue weighted by atomic mass is 10.1. The first-order chi connectivity index (χ1) is 11.0. The standard InChI is InChI=1S/C16H13Cl2NO4/c1-22-14-6-4-10(17)8-11(14)15(20)19-13-7-9(16(21)23-2)3-5-12(13)18/h3-8H,1-2H3,(H,19,20). The second-order valence-corrected chi connectivity index (χ2v) is 5.33. The van der Waals surface area contributed by atoms with Gasteiger partial charge in [-0.2, -0.15) is 0 Å². The number of benzene rings is 2. The zero-order valence-corrected chi connectivity index (χ0v) is 13.9. The van der Waals surface area contributed by atoms with E-state index in [1.807, 2.05) is 0 Å². The molecule has 1 N–H and O–H groups in total. The third-order valence-corrected chi connectivity index (χ3v) is 3.61. The summed E-state index contributed by atoms with van der Waals surface area (Å²) in [7, 11) is 2.72. The maximum absolute atomic E-state index is 12.4. The van der Waals surface area contributed by atoms with Crippen molar-refractivity contribution >= 4 is 40.8 Å². The van der Waals surface area contributed by atoms with Crippen molar-refractivity contribution < 1.29 is 19.1 Å². The molecule has 0 aliphatic heterocycles. The van der Waals surface area contributed by atoms with E-state index in [4.69, 9.17) is 27.9 Å². The summed E-state index contributed by atoms with van der Waals surface area (Å²) in [5.74, 6) is -0.627. The van der Waals surface area contributed by atoms with Crippen molar-refractivity contribution in [1.82, 2.24) is 0 Å². The summed E-state index contributed by atoms with van der Waals surface area (Å²) in [6.45, 7) is 0. The molecule has 0 saturated carbocycles. The van der Waals surface area contributed by atoms with Crippen LogP contribution in [0.4, 0.5) is 5.69 Å². The monoisotopic (exact) mass is 353 g/mol. The Kier molecular flexibility index (Phi) is 5.47. The molecule has 0 saturated heterocycles. The summed E-state index contributed by atoms with van der Waals surface area (Å²) < 4.78 is 9.78. The first kappa shape index (κ1) is 17.1. The van der Waals surface area contributed by atoms with Crippen LogP contribution in [0.1, 0.15) is 20.7 Å². The highest BCUT2D eigenvalue weighted by Crippen LogP contribution is 2.27. The predicted molar refractivity (Wildman–Crippen MR) is 88.7 cm³/mol. The van der Waals surface area contributed by atoms with Gasteiger partial charge in [0, 0.05) is 5.02 Å². The number of amides is 1. The van der Waals surface area contributed by atoms with Crippen LogP contribution in [0.15, 0.2) is 36.4 Å². The van der Waals surface area contributed by atoms with Crippen LogP contribution in [0.5, 0.6) is 5.75 Å².